The Morgan fingerprint density at radius 2 is 1.78 bits per heavy atom. The Morgan fingerprint density at radius 3 is 2.22 bits per heavy atom. The fourth-order valence-electron chi connectivity index (χ4n) is 2.19. The molecular weight excluding hydrogens is 236 g/mol. The zero-order valence-electron chi connectivity index (χ0n) is 11.6. The Hall–Kier alpha value is -1.00. The number of rotatable bonds is 5. The summed E-state index contributed by atoms with van der Waals surface area (Å²) >= 11 is 0. The molecule has 2 nitrogen and oxygen atoms in total. The third-order valence-electron chi connectivity index (χ3n) is 3.21. The molecule has 2 atom stereocenters. The number of likely N-dealkylation sites (N-methyl/N-ethyl adjacent to an activating group) is 1. The Labute approximate surface area is 107 Å². The molecule has 4 heteroatoms. The molecule has 0 saturated carbocycles. The Morgan fingerprint density at radius 1 is 1.17 bits per heavy atom. The lowest BCUT2D eigenvalue weighted by Gasteiger charge is -2.29. The van der Waals surface area contributed by atoms with Gasteiger partial charge in [0.1, 0.15) is 0 Å². The minimum absolute atomic E-state index is 0.191. The van der Waals surface area contributed by atoms with Gasteiger partial charge in [0.05, 0.1) is 12.1 Å². The van der Waals surface area contributed by atoms with Crippen molar-refractivity contribution in [2.75, 3.05) is 14.2 Å². The van der Waals surface area contributed by atoms with Crippen LogP contribution >= 0.6 is 0 Å². The molecule has 1 aromatic carbocycles. The second-order valence-corrected chi connectivity index (χ2v) is 4.81. The van der Waals surface area contributed by atoms with Crippen molar-refractivity contribution in [3.8, 4) is 0 Å². The predicted octanol–water partition coefficient (Wildman–Crippen LogP) is 3.20. The van der Waals surface area contributed by atoms with E-state index >= 15 is 0 Å². The maximum atomic E-state index is 14.0. The number of halogens is 2. The second kappa shape index (κ2) is 6.25. The smallest absolute Gasteiger partial charge is 0.163 e. The van der Waals surface area contributed by atoms with Crippen LogP contribution in [0.5, 0.6) is 0 Å². The number of hydrogen-bond acceptors (Lipinski definition) is 2. The lowest BCUT2D eigenvalue weighted by Crippen LogP contribution is -2.35. The van der Waals surface area contributed by atoms with Crippen molar-refractivity contribution in [1.82, 2.24) is 5.32 Å². The van der Waals surface area contributed by atoms with Crippen LogP contribution in [0.15, 0.2) is 12.1 Å². The van der Waals surface area contributed by atoms with Gasteiger partial charge in [-0.1, -0.05) is 26.0 Å². The number of benzene rings is 1. The summed E-state index contributed by atoms with van der Waals surface area (Å²) in [6, 6.07) is 2.83. The molecule has 0 aliphatic rings. The molecule has 2 unspecified atom stereocenters. The number of methoxy groups -OCH3 is 1. The third-order valence-corrected chi connectivity index (χ3v) is 3.21. The van der Waals surface area contributed by atoms with Gasteiger partial charge in [-0.05, 0) is 25.5 Å². The molecule has 0 radical (unpaired) electrons. The summed E-state index contributed by atoms with van der Waals surface area (Å²) in [7, 11) is 3.30. The van der Waals surface area contributed by atoms with Crippen molar-refractivity contribution < 1.29 is 13.5 Å². The Bertz CT molecular complexity index is 407. The first-order chi connectivity index (χ1) is 8.43. The van der Waals surface area contributed by atoms with E-state index < -0.39 is 11.6 Å². The van der Waals surface area contributed by atoms with Gasteiger partial charge in [0.2, 0.25) is 0 Å². The molecule has 18 heavy (non-hydrogen) atoms. The number of nitrogens with one attached hydrogen (secondary N) is 1. The molecule has 1 aromatic rings. The molecule has 0 aliphatic heterocycles. The van der Waals surface area contributed by atoms with E-state index in [9.17, 15) is 8.78 Å². The average molecular weight is 257 g/mol. The van der Waals surface area contributed by atoms with E-state index in [1.54, 1.807) is 33.2 Å². The highest BCUT2D eigenvalue weighted by Crippen LogP contribution is 2.28. The van der Waals surface area contributed by atoms with Crippen molar-refractivity contribution in [2.24, 2.45) is 5.92 Å². The molecule has 0 spiro atoms. The number of aryl methyl sites for hydroxylation is 1. The average Bonchev–Trinajstić information content (AvgIpc) is 2.33. The van der Waals surface area contributed by atoms with E-state index in [0.717, 1.165) is 0 Å². The van der Waals surface area contributed by atoms with Crippen LogP contribution in [0.4, 0.5) is 8.78 Å². The SMILES string of the molecule is CNC(c1ccc(C)c(F)c1F)C(OC)C(C)C. The van der Waals surface area contributed by atoms with Crippen LogP contribution < -0.4 is 5.32 Å². The molecule has 0 saturated heterocycles. The molecular formula is C14H21F2NO. The van der Waals surface area contributed by atoms with Crippen LogP contribution in [0.1, 0.15) is 31.0 Å². The van der Waals surface area contributed by atoms with Gasteiger partial charge in [-0.3, -0.25) is 0 Å². The summed E-state index contributed by atoms with van der Waals surface area (Å²) in [5.74, 6) is -1.39. The van der Waals surface area contributed by atoms with E-state index in [1.165, 1.54) is 0 Å². The molecule has 102 valence electrons. The van der Waals surface area contributed by atoms with Crippen molar-refractivity contribution in [3.63, 3.8) is 0 Å². The third kappa shape index (κ3) is 2.87. The fraction of sp³-hybridized carbons (Fsp3) is 0.571. The minimum atomic E-state index is -0.794. The normalized spacial score (nSPS) is 14.9. The monoisotopic (exact) mass is 257 g/mol. The van der Waals surface area contributed by atoms with Gasteiger partial charge in [-0.15, -0.1) is 0 Å². The summed E-state index contributed by atoms with van der Waals surface area (Å²) in [5, 5.41) is 3.01. The van der Waals surface area contributed by atoms with Gasteiger partial charge in [-0.25, -0.2) is 8.78 Å². The molecule has 0 heterocycles. The highest BCUT2D eigenvalue weighted by atomic mass is 19.2. The Kier molecular flexibility index (Phi) is 5.23. The van der Waals surface area contributed by atoms with Crippen molar-refractivity contribution >= 4 is 0 Å². The lowest BCUT2D eigenvalue weighted by molar-refractivity contribution is 0.0337. The summed E-state index contributed by atoms with van der Waals surface area (Å²) in [5.41, 5.74) is 0.616. The van der Waals surface area contributed by atoms with Crippen molar-refractivity contribution in [3.05, 3.63) is 34.9 Å². The van der Waals surface area contributed by atoms with Gasteiger partial charge < -0.3 is 10.1 Å². The molecule has 0 aromatic heterocycles. The summed E-state index contributed by atoms with van der Waals surface area (Å²) < 4.78 is 33.0. The highest BCUT2D eigenvalue weighted by Gasteiger charge is 2.28. The van der Waals surface area contributed by atoms with Crippen LogP contribution in [-0.2, 0) is 4.74 Å². The molecule has 1 rings (SSSR count). The van der Waals surface area contributed by atoms with E-state index in [4.69, 9.17) is 4.74 Å². The molecule has 0 aliphatic carbocycles. The first-order valence-corrected chi connectivity index (χ1v) is 6.08. The second-order valence-electron chi connectivity index (χ2n) is 4.81. The van der Waals surface area contributed by atoms with Crippen LogP contribution in [-0.4, -0.2) is 20.3 Å². The van der Waals surface area contributed by atoms with Crippen LogP contribution in [0, 0.1) is 24.5 Å². The maximum absolute atomic E-state index is 14.0. The Balaban J connectivity index is 3.20. The van der Waals surface area contributed by atoms with Gasteiger partial charge in [0.15, 0.2) is 11.6 Å². The first-order valence-electron chi connectivity index (χ1n) is 6.08. The van der Waals surface area contributed by atoms with Gasteiger partial charge in [0, 0.05) is 12.7 Å². The van der Waals surface area contributed by atoms with Gasteiger partial charge in [-0.2, -0.15) is 0 Å². The van der Waals surface area contributed by atoms with Crippen molar-refractivity contribution in [1.29, 1.82) is 0 Å². The van der Waals surface area contributed by atoms with Crippen LogP contribution in [0.3, 0.4) is 0 Å². The summed E-state index contributed by atoms with van der Waals surface area (Å²) in [6.45, 7) is 5.52. The van der Waals surface area contributed by atoms with Crippen molar-refractivity contribution in [2.45, 2.75) is 32.9 Å². The summed E-state index contributed by atoms with van der Waals surface area (Å²) in [4.78, 5) is 0. The maximum Gasteiger partial charge on any atom is 0.163 e. The minimum Gasteiger partial charge on any atom is -0.379 e. The zero-order chi connectivity index (χ0) is 13.9. The number of ether oxygens (including phenoxy) is 1. The standard InChI is InChI=1S/C14H21F2NO/c1-8(2)14(18-5)13(17-4)10-7-6-9(3)11(15)12(10)16/h6-8,13-14,17H,1-5H3. The molecule has 0 amide bonds. The lowest BCUT2D eigenvalue weighted by atomic mass is 9.92. The van der Waals surface area contributed by atoms with Crippen LogP contribution in [0.25, 0.3) is 0 Å². The highest BCUT2D eigenvalue weighted by molar-refractivity contribution is 5.28. The predicted molar refractivity (Wildman–Crippen MR) is 68.5 cm³/mol. The largest absolute Gasteiger partial charge is 0.379 e. The topological polar surface area (TPSA) is 21.3 Å². The zero-order valence-corrected chi connectivity index (χ0v) is 11.6. The number of hydrogen-bond donors (Lipinski definition) is 1. The molecule has 0 fully saturated rings. The van der Waals surface area contributed by atoms with E-state index in [2.05, 4.69) is 5.32 Å². The van der Waals surface area contributed by atoms with Crippen LogP contribution in [0.2, 0.25) is 0 Å². The van der Waals surface area contributed by atoms with E-state index in [1.807, 2.05) is 13.8 Å². The van der Waals surface area contributed by atoms with E-state index in [-0.39, 0.29) is 18.1 Å². The van der Waals surface area contributed by atoms with E-state index in [0.29, 0.717) is 11.1 Å². The first kappa shape index (κ1) is 15.1. The quantitative estimate of drug-likeness (QED) is 0.874. The fourth-order valence-corrected chi connectivity index (χ4v) is 2.19. The molecule has 0 bridgehead atoms. The van der Waals surface area contributed by atoms with Gasteiger partial charge in [0.25, 0.3) is 0 Å². The molecule has 1 N–H and O–H groups in total. The van der Waals surface area contributed by atoms with Gasteiger partial charge >= 0.3 is 0 Å². The summed E-state index contributed by atoms with van der Waals surface area (Å²) in [6.07, 6.45) is -0.216.